The Hall–Kier alpha value is -2.56. The quantitative estimate of drug-likeness (QED) is 0.327. The van der Waals surface area contributed by atoms with Gasteiger partial charge in [-0.25, -0.2) is 0 Å². The van der Waals surface area contributed by atoms with Gasteiger partial charge in [0.15, 0.2) is 0 Å². The van der Waals surface area contributed by atoms with Crippen LogP contribution in [0, 0.1) is 0 Å². The summed E-state index contributed by atoms with van der Waals surface area (Å²) >= 11 is 0. The summed E-state index contributed by atoms with van der Waals surface area (Å²) in [4.78, 5) is 0. The highest BCUT2D eigenvalue weighted by molar-refractivity contribution is 5.78. The molecule has 34 heavy (non-hydrogen) atoms. The van der Waals surface area contributed by atoms with Crippen LogP contribution in [0.5, 0.6) is 11.5 Å². The number of hydrogen-bond donors (Lipinski definition) is 0. The number of rotatable bonds is 12. The molecule has 0 bridgehead atoms. The van der Waals surface area contributed by atoms with Crippen LogP contribution in [0.25, 0.3) is 11.1 Å². The Morgan fingerprint density at radius 1 is 0.853 bits per heavy atom. The van der Waals surface area contributed by atoms with Crippen molar-refractivity contribution in [1.29, 1.82) is 0 Å². The van der Waals surface area contributed by atoms with Gasteiger partial charge in [-0.15, -0.1) is 0 Å². The van der Waals surface area contributed by atoms with Gasteiger partial charge in [-0.05, 0) is 77.3 Å². The average Bonchev–Trinajstić information content (AvgIpc) is 3.81. The summed E-state index contributed by atoms with van der Waals surface area (Å²) in [6.45, 7) is 7.53. The van der Waals surface area contributed by atoms with E-state index < -0.39 is 0 Å². The monoisotopic (exact) mass is 460 g/mol. The zero-order chi connectivity index (χ0) is 23.3. The molecule has 2 fully saturated rings. The fourth-order valence-electron chi connectivity index (χ4n) is 4.51. The third-order valence-electron chi connectivity index (χ3n) is 6.94. The number of hydrogen-bond acceptors (Lipinski definition) is 4. The van der Waals surface area contributed by atoms with Crippen molar-refractivity contribution < 1.29 is 18.9 Å². The molecule has 0 spiro atoms. The number of ether oxygens (including phenoxy) is 4. The van der Waals surface area contributed by atoms with Gasteiger partial charge in [0.2, 0.25) is 0 Å². The minimum absolute atomic E-state index is 0.274. The lowest BCUT2D eigenvalue weighted by molar-refractivity contribution is 0.260. The molecule has 0 saturated carbocycles. The zero-order valence-corrected chi connectivity index (χ0v) is 20.4. The summed E-state index contributed by atoms with van der Waals surface area (Å²) < 4.78 is 22.5. The molecule has 4 nitrogen and oxygen atoms in total. The molecule has 0 N–H and O–H groups in total. The van der Waals surface area contributed by atoms with Gasteiger partial charge in [-0.3, -0.25) is 0 Å². The second-order valence-electron chi connectivity index (χ2n) is 9.74. The van der Waals surface area contributed by atoms with Crippen LogP contribution < -0.4 is 9.47 Å². The number of epoxide rings is 2. The fraction of sp³-hybridized carbons (Fsp3) is 0.467. The first-order valence-electron chi connectivity index (χ1n) is 12.8. The zero-order valence-electron chi connectivity index (χ0n) is 20.4. The molecule has 2 heterocycles. The maximum Gasteiger partial charge on any atom is 0.122 e. The van der Waals surface area contributed by atoms with Gasteiger partial charge < -0.3 is 18.9 Å². The lowest BCUT2D eigenvalue weighted by atomic mass is 9.87. The summed E-state index contributed by atoms with van der Waals surface area (Å²) in [7, 11) is 0. The van der Waals surface area contributed by atoms with Crippen molar-refractivity contribution in [2.75, 3.05) is 26.4 Å². The molecule has 5 rings (SSSR count). The first kappa shape index (κ1) is 23.2. The normalized spacial score (nSPS) is 21.9. The lowest BCUT2D eigenvalue weighted by Gasteiger charge is -2.20. The van der Waals surface area contributed by atoms with Gasteiger partial charge in [0.25, 0.3) is 0 Å². The molecular weight excluding hydrogens is 424 g/mol. The van der Waals surface area contributed by atoms with Crippen molar-refractivity contribution in [3.63, 3.8) is 0 Å². The average molecular weight is 461 g/mol. The summed E-state index contributed by atoms with van der Waals surface area (Å²) in [5.74, 6) is 2.41. The summed E-state index contributed by atoms with van der Waals surface area (Å²) in [5.41, 5.74) is 6.69. The molecule has 2 aromatic rings. The van der Waals surface area contributed by atoms with E-state index in [0.29, 0.717) is 19.1 Å². The first-order valence-corrected chi connectivity index (χ1v) is 12.8. The van der Waals surface area contributed by atoms with E-state index in [1.54, 1.807) is 0 Å². The Morgan fingerprint density at radius 3 is 2.09 bits per heavy atom. The molecule has 0 radical (unpaired) electrons. The molecule has 2 aromatic carbocycles. The van der Waals surface area contributed by atoms with Crippen molar-refractivity contribution in [3.8, 4) is 11.5 Å². The van der Waals surface area contributed by atoms with E-state index in [4.69, 9.17) is 18.9 Å². The number of allylic oxidation sites excluding steroid dienone is 4. The van der Waals surface area contributed by atoms with Gasteiger partial charge in [0.05, 0.1) is 13.2 Å². The second kappa shape index (κ2) is 10.8. The molecule has 2 saturated heterocycles. The van der Waals surface area contributed by atoms with E-state index in [0.717, 1.165) is 37.6 Å². The molecule has 3 atom stereocenters. The fourth-order valence-corrected chi connectivity index (χ4v) is 4.51. The molecular formula is C30H36O4. The van der Waals surface area contributed by atoms with Crippen LogP contribution in [0.1, 0.15) is 68.6 Å². The molecule has 4 heteroatoms. The van der Waals surface area contributed by atoms with E-state index in [1.165, 1.54) is 47.1 Å². The largest absolute Gasteiger partial charge is 0.491 e. The van der Waals surface area contributed by atoms with E-state index in [1.807, 2.05) is 0 Å². The van der Waals surface area contributed by atoms with Crippen LogP contribution in [0.4, 0.5) is 0 Å². The molecule has 1 aliphatic carbocycles. The molecule has 180 valence electrons. The minimum Gasteiger partial charge on any atom is -0.491 e. The Kier molecular flexibility index (Phi) is 7.36. The van der Waals surface area contributed by atoms with Crippen LogP contribution >= 0.6 is 0 Å². The van der Waals surface area contributed by atoms with Gasteiger partial charge in [0.1, 0.15) is 36.9 Å². The highest BCUT2D eigenvalue weighted by atomic mass is 16.6. The van der Waals surface area contributed by atoms with Crippen molar-refractivity contribution in [1.82, 2.24) is 0 Å². The van der Waals surface area contributed by atoms with Crippen molar-refractivity contribution in [2.24, 2.45) is 0 Å². The van der Waals surface area contributed by atoms with E-state index in [-0.39, 0.29) is 12.2 Å². The van der Waals surface area contributed by atoms with Gasteiger partial charge in [-0.1, -0.05) is 57.0 Å². The molecule has 2 aliphatic heterocycles. The number of benzene rings is 2. The van der Waals surface area contributed by atoms with Gasteiger partial charge in [0, 0.05) is 0 Å². The molecule has 3 unspecified atom stereocenters. The first-order chi connectivity index (χ1) is 16.7. The SMILES string of the molecule is CCCCC(C)c1cc(C2=CC=C(c3ccc(OCC4CO4)cc3)CC2)ccc1OCC1CO1. The highest BCUT2D eigenvalue weighted by Gasteiger charge is 2.25. The van der Waals surface area contributed by atoms with Crippen molar-refractivity contribution >= 4 is 11.1 Å². The van der Waals surface area contributed by atoms with Crippen LogP contribution in [-0.2, 0) is 9.47 Å². The molecule has 3 aliphatic rings. The Balaban J connectivity index is 1.29. The smallest absolute Gasteiger partial charge is 0.122 e. The van der Waals surface area contributed by atoms with E-state index in [2.05, 4.69) is 68.5 Å². The standard InChI is InChI=1S/C30H36O4/c1-3-4-5-21(2)29-16-25(12-15-30(29)34-20-28-19-33-28)24-8-6-22(7-9-24)23-10-13-26(14-11-23)31-17-27-18-32-27/h6,8,10-16,21,27-28H,3-5,7,9,17-20H2,1-2H3. The predicted molar refractivity (Wildman–Crippen MR) is 136 cm³/mol. The maximum atomic E-state index is 6.15. The van der Waals surface area contributed by atoms with Crippen molar-refractivity contribution in [2.45, 2.75) is 64.1 Å². The lowest BCUT2D eigenvalue weighted by Crippen LogP contribution is -2.08. The van der Waals surface area contributed by atoms with E-state index in [9.17, 15) is 0 Å². The second-order valence-corrected chi connectivity index (χ2v) is 9.74. The highest BCUT2D eigenvalue weighted by Crippen LogP contribution is 2.37. The van der Waals surface area contributed by atoms with Gasteiger partial charge >= 0.3 is 0 Å². The van der Waals surface area contributed by atoms with Crippen LogP contribution in [0.3, 0.4) is 0 Å². The predicted octanol–water partition coefficient (Wildman–Crippen LogP) is 6.80. The molecule has 0 amide bonds. The maximum absolute atomic E-state index is 6.15. The van der Waals surface area contributed by atoms with Crippen LogP contribution in [0.2, 0.25) is 0 Å². The van der Waals surface area contributed by atoms with Crippen LogP contribution in [-0.4, -0.2) is 38.6 Å². The Labute approximate surface area is 203 Å². The van der Waals surface area contributed by atoms with Crippen LogP contribution in [0.15, 0.2) is 54.6 Å². The summed E-state index contributed by atoms with van der Waals surface area (Å²) in [6, 6.07) is 15.2. The number of unbranched alkanes of at least 4 members (excludes halogenated alkanes) is 1. The Bertz CT molecular complexity index is 1030. The third-order valence-corrected chi connectivity index (χ3v) is 6.94. The topological polar surface area (TPSA) is 43.5 Å². The van der Waals surface area contributed by atoms with E-state index >= 15 is 0 Å². The van der Waals surface area contributed by atoms with Crippen molar-refractivity contribution in [3.05, 3.63) is 71.3 Å². The summed E-state index contributed by atoms with van der Waals surface area (Å²) in [6.07, 6.45) is 10.9. The third kappa shape index (κ3) is 6.11. The minimum atomic E-state index is 0.274. The Morgan fingerprint density at radius 2 is 1.47 bits per heavy atom. The van der Waals surface area contributed by atoms with Gasteiger partial charge in [-0.2, -0.15) is 0 Å². The molecule has 0 aromatic heterocycles. The summed E-state index contributed by atoms with van der Waals surface area (Å²) in [5, 5.41) is 0.